The molecule has 0 aromatic heterocycles. The average molecular weight is 368 g/mol. The van der Waals surface area contributed by atoms with E-state index in [9.17, 15) is 4.39 Å². The molecule has 0 bridgehead atoms. The maximum absolute atomic E-state index is 13.3. The van der Waals surface area contributed by atoms with Crippen LogP contribution < -0.4 is 0 Å². The van der Waals surface area contributed by atoms with Crippen molar-refractivity contribution >= 4 is 0 Å². The number of rotatable bonds is 8. The molecule has 1 unspecified atom stereocenters. The highest BCUT2D eigenvalue weighted by Crippen LogP contribution is 2.34. The van der Waals surface area contributed by atoms with Gasteiger partial charge in [-0.05, 0) is 74.6 Å². The second-order valence-corrected chi connectivity index (χ2v) is 8.13. The van der Waals surface area contributed by atoms with Crippen LogP contribution in [0.25, 0.3) is 0 Å². The summed E-state index contributed by atoms with van der Waals surface area (Å²) in [5.74, 6) is 0.562. The van der Waals surface area contributed by atoms with Crippen LogP contribution in [-0.4, -0.2) is 23.7 Å². The van der Waals surface area contributed by atoms with Gasteiger partial charge < -0.3 is 0 Å². The summed E-state index contributed by atoms with van der Waals surface area (Å²) in [5.41, 5.74) is 4.21. The molecule has 0 heterocycles. The van der Waals surface area contributed by atoms with Gasteiger partial charge in [-0.15, -0.1) is 0 Å². The summed E-state index contributed by atoms with van der Waals surface area (Å²) in [6.07, 6.45) is 5.19. The van der Waals surface area contributed by atoms with Gasteiger partial charge in [0.1, 0.15) is 6.17 Å². The quantitative estimate of drug-likeness (QED) is 0.513. The fourth-order valence-corrected chi connectivity index (χ4v) is 4.30. The zero-order valence-corrected chi connectivity index (χ0v) is 16.9. The monoisotopic (exact) mass is 367 g/mol. The Morgan fingerprint density at radius 2 is 1.59 bits per heavy atom. The molecule has 2 aromatic carbocycles. The molecule has 3 rings (SSSR count). The van der Waals surface area contributed by atoms with E-state index in [4.69, 9.17) is 0 Å². The minimum atomic E-state index is -0.570. The molecule has 0 spiro atoms. The first-order valence-corrected chi connectivity index (χ1v) is 10.7. The van der Waals surface area contributed by atoms with Gasteiger partial charge in [-0.2, -0.15) is 0 Å². The maximum Gasteiger partial charge on any atom is 0.100 e. The molecule has 2 aromatic rings. The summed E-state index contributed by atoms with van der Waals surface area (Å²) in [6, 6.07) is 20.5. The molecule has 0 radical (unpaired) electrons. The minimum Gasteiger partial charge on any atom is -0.297 e. The standard InChI is InChI=1S/C25H34FN/c1-3-27(19-22-7-5-4-6-8-22)20(2)9-10-21-11-13-23(14-12-21)24-15-17-25(26)18-16-24/h4-8,11-14,20,24-25H,3,9-10,15-19H2,1-2H3. The van der Waals surface area contributed by atoms with Crippen molar-refractivity contribution in [3.8, 4) is 0 Å². The van der Waals surface area contributed by atoms with Gasteiger partial charge in [0.05, 0.1) is 0 Å². The summed E-state index contributed by atoms with van der Waals surface area (Å²) in [4.78, 5) is 2.55. The highest BCUT2D eigenvalue weighted by Gasteiger charge is 2.21. The third-order valence-corrected chi connectivity index (χ3v) is 6.22. The van der Waals surface area contributed by atoms with Crippen LogP contribution in [0, 0.1) is 0 Å². The lowest BCUT2D eigenvalue weighted by Crippen LogP contribution is -2.32. The largest absolute Gasteiger partial charge is 0.297 e. The topological polar surface area (TPSA) is 3.24 Å². The molecule has 0 N–H and O–H groups in total. The number of hydrogen-bond acceptors (Lipinski definition) is 1. The van der Waals surface area contributed by atoms with E-state index in [0.717, 1.165) is 45.2 Å². The summed E-state index contributed by atoms with van der Waals surface area (Å²) in [5, 5.41) is 0. The maximum atomic E-state index is 13.3. The fraction of sp³-hybridized carbons (Fsp3) is 0.520. The summed E-state index contributed by atoms with van der Waals surface area (Å²) in [7, 11) is 0. The number of aryl methyl sites for hydroxylation is 1. The third-order valence-electron chi connectivity index (χ3n) is 6.22. The second-order valence-electron chi connectivity index (χ2n) is 8.13. The van der Waals surface area contributed by atoms with E-state index in [1.54, 1.807) is 0 Å². The normalized spacial score (nSPS) is 21.3. The van der Waals surface area contributed by atoms with Gasteiger partial charge in [0.2, 0.25) is 0 Å². The van der Waals surface area contributed by atoms with E-state index < -0.39 is 6.17 Å². The van der Waals surface area contributed by atoms with E-state index >= 15 is 0 Å². The Bertz CT molecular complexity index is 658. The van der Waals surface area contributed by atoms with E-state index in [2.05, 4.69) is 73.3 Å². The molecular formula is C25H34FN. The molecule has 1 fully saturated rings. The molecule has 1 aliphatic rings. The van der Waals surface area contributed by atoms with Crippen LogP contribution in [0.2, 0.25) is 0 Å². The van der Waals surface area contributed by atoms with Crippen LogP contribution in [0.1, 0.15) is 68.6 Å². The Morgan fingerprint density at radius 1 is 0.926 bits per heavy atom. The second kappa shape index (κ2) is 10.0. The summed E-state index contributed by atoms with van der Waals surface area (Å²) in [6.45, 7) is 6.69. The van der Waals surface area contributed by atoms with Crippen molar-refractivity contribution in [3.63, 3.8) is 0 Å². The smallest absolute Gasteiger partial charge is 0.100 e. The Labute approximate surface area is 164 Å². The SMILES string of the molecule is CCN(Cc1ccccc1)C(C)CCc1ccc(C2CCC(F)CC2)cc1. The predicted molar refractivity (Wildman–Crippen MR) is 113 cm³/mol. The zero-order chi connectivity index (χ0) is 19.1. The first-order chi connectivity index (χ1) is 13.2. The fourth-order valence-electron chi connectivity index (χ4n) is 4.30. The van der Waals surface area contributed by atoms with Gasteiger partial charge in [0.25, 0.3) is 0 Å². The van der Waals surface area contributed by atoms with Gasteiger partial charge in [0, 0.05) is 12.6 Å². The molecule has 27 heavy (non-hydrogen) atoms. The first kappa shape index (κ1) is 20.1. The Kier molecular flexibility index (Phi) is 7.46. The zero-order valence-electron chi connectivity index (χ0n) is 16.9. The highest BCUT2D eigenvalue weighted by molar-refractivity contribution is 5.26. The Hall–Kier alpha value is -1.67. The van der Waals surface area contributed by atoms with E-state index in [0.29, 0.717) is 12.0 Å². The van der Waals surface area contributed by atoms with Crippen LogP contribution in [0.3, 0.4) is 0 Å². The predicted octanol–water partition coefficient (Wildman–Crippen LogP) is 6.53. The number of hydrogen-bond donors (Lipinski definition) is 0. The van der Waals surface area contributed by atoms with E-state index in [1.807, 2.05) is 0 Å². The van der Waals surface area contributed by atoms with Crippen LogP contribution in [0.5, 0.6) is 0 Å². The molecule has 2 heteroatoms. The van der Waals surface area contributed by atoms with Crippen LogP contribution in [0.15, 0.2) is 54.6 Å². The average Bonchev–Trinajstić information content (AvgIpc) is 2.72. The Morgan fingerprint density at radius 3 is 2.22 bits per heavy atom. The molecule has 1 nitrogen and oxygen atoms in total. The van der Waals surface area contributed by atoms with Crippen molar-refractivity contribution in [2.75, 3.05) is 6.54 Å². The van der Waals surface area contributed by atoms with Crippen LogP contribution in [-0.2, 0) is 13.0 Å². The van der Waals surface area contributed by atoms with Crippen molar-refractivity contribution in [2.24, 2.45) is 0 Å². The number of nitrogens with zero attached hydrogens (tertiary/aromatic N) is 1. The summed E-state index contributed by atoms with van der Waals surface area (Å²) >= 11 is 0. The number of halogens is 1. The molecule has 146 valence electrons. The lowest BCUT2D eigenvalue weighted by molar-refractivity contribution is 0.201. The third kappa shape index (κ3) is 5.90. The van der Waals surface area contributed by atoms with Crippen molar-refractivity contribution in [2.45, 2.75) is 77.0 Å². The van der Waals surface area contributed by atoms with Crippen molar-refractivity contribution in [3.05, 3.63) is 71.3 Å². The van der Waals surface area contributed by atoms with Gasteiger partial charge in [0.15, 0.2) is 0 Å². The molecule has 0 aliphatic heterocycles. The van der Waals surface area contributed by atoms with Crippen molar-refractivity contribution in [1.29, 1.82) is 0 Å². The van der Waals surface area contributed by atoms with Crippen LogP contribution >= 0.6 is 0 Å². The van der Waals surface area contributed by atoms with Gasteiger partial charge >= 0.3 is 0 Å². The lowest BCUT2D eigenvalue weighted by Gasteiger charge is -2.28. The van der Waals surface area contributed by atoms with E-state index in [1.165, 1.54) is 23.1 Å². The molecular weight excluding hydrogens is 333 g/mol. The van der Waals surface area contributed by atoms with Crippen molar-refractivity contribution in [1.82, 2.24) is 4.90 Å². The number of alkyl halides is 1. The number of benzene rings is 2. The molecule has 1 atom stereocenters. The van der Waals surface area contributed by atoms with Gasteiger partial charge in [-0.1, -0.05) is 61.5 Å². The van der Waals surface area contributed by atoms with Crippen molar-refractivity contribution < 1.29 is 4.39 Å². The molecule has 1 aliphatic carbocycles. The van der Waals surface area contributed by atoms with Gasteiger partial charge in [-0.3, -0.25) is 4.90 Å². The molecule has 1 saturated carbocycles. The molecule has 0 amide bonds. The molecule has 0 saturated heterocycles. The van der Waals surface area contributed by atoms with Gasteiger partial charge in [-0.25, -0.2) is 4.39 Å². The van der Waals surface area contributed by atoms with E-state index in [-0.39, 0.29) is 0 Å². The van der Waals surface area contributed by atoms with Crippen LogP contribution in [0.4, 0.5) is 4.39 Å². The Balaban J connectivity index is 1.49. The highest BCUT2D eigenvalue weighted by atomic mass is 19.1. The first-order valence-electron chi connectivity index (χ1n) is 10.7. The lowest BCUT2D eigenvalue weighted by atomic mass is 9.83. The minimum absolute atomic E-state index is 0.562. The summed E-state index contributed by atoms with van der Waals surface area (Å²) < 4.78 is 13.3.